The second kappa shape index (κ2) is 6.01. The van der Waals surface area contributed by atoms with Crippen molar-refractivity contribution in [3.05, 3.63) is 28.3 Å². The van der Waals surface area contributed by atoms with Crippen LogP contribution in [0.3, 0.4) is 0 Å². The first-order chi connectivity index (χ1) is 8.88. The number of ether oxygens (including phenoxy) is 1. The summed E-state index contributed by atoms with van der Waals surface area (Å²) in [6.07, 6.45) is 0.822. The molecule has 7 nitrogen and oxygen atoms in total. The number of aliphatic carboxylic acids is 2. The molecule has 0 atom stereocenters. The van der Waals surface area contributed by atoms with Crippen molar-refractivity contribution in [3.8, 4) is 0 Å². The Hall–Kier alpha value is -2.35. The van der Waals surface area contributed by atoms with Crippen molar-refractivity contribution >= 4 is 34.2 Å². The van der Waals surface area contributed by atoms with Crippen molar-refractivity contribution in [1.29, 1.82) is 0 Å². The van der Waals surface area contributed by atoms with Gasteiger partial charge in [0, 0.05) is 6.20 Å². The number of methoxy groups -OCH3 is 1. The number of rotatable bonds is 5. The number of carbonyl (C=O) groups is 3. The maximum Gasteiger partial charge on any atom is 0.344 e. The summed E-state index contributed by atoms with van der Waals surface area (Å²) in [6.45, 7) is 1.69. The maximum atomic E-state index is 11.5. The second-order valence-electron chi connectivity index (χ2n) is 3.43. The highest BCUT2D eigenvalue weighted by Gasteiger charge is 2.19. The first-order valence-electron chi connectivity index (χ1n) is 4.98. The first kappa shape index (κ1) is 14.7. The number of hydrogen-bond donors (Lipinski definition) is 3. The van der Waals surface area contributed by atoms with Gasteiger partial charge in [0.2, 0.25) is 0 Å². The third kappa shape index (κ3) is 3.32. The van der Waals surface area contributed by atoms with Crippen LogP contribution in [-0.2, 0) is 14.3 Å². The number of anilines is 1. The van der Waals surface area contributed by atoms with Crippen LogP contribution in [-0.4, -0.2) is 35.2 Å². The van der Waals surface area contributed by atoms with E-state index in [2.05, 4.69) is 10.1 Å². The van der Waals surface area contributed by atoms with Gasteiger partial charge in [-0.1, -0.05) is 0 Å². The molecule has 0 unspecified atom stereocenters. The molecule has 0 aliphatic heterocycles. The van der Waals surface area contributed by atoms with Gasteiger partial charge in [-0.3, -0.25) is 0 Å². The third-order valence-electron chi connectivity index (χ3n) is 2.17. The summed E-state index contributed by atoms with van der Waals surface area (Å²) in [5.41, 5.74) is 0.0701. The van der Waals surface area contributed by atoms with Gasteiger partial charge in [-0.05, 0) is 17.9 Å². The zero-order valence-electron chi connectivity index (χ0n) is 10.1. The number of aryl methyl sites for hydroxylation is 1. The van der Waals surface area contributed by atoms with Gasteiger partial charge in [0.1, 0.15) is 5.00 Å². The van der Waals surface area contributed by atoms with E-state index in [1.807, 2.05) is 0 Å². The fourth-order valence-electron chi connectivity index (χ4n) is 1.26. The summed E-state index contributed by atoms with van der Waals surface area (Å²) in [5, 5.41) is 21.8. The van der Waals surface area contributed by atoms with Crippen molar-refractivity contribution in [3.63, 3.8) is 0 Å². The largest absolute Gasteiger partial charge is 0.477 e. The molecule has 3 N–H and O–H groups in total. The molecular formula is C11H11NO6S. The second-order valence-corrected chi connectivity index (χ2v) is 4.31. The van der Waals surface area contributed by atoms with Crippen LogP contribution in [0.4, 0.5) is 5.00 Å². The summed E-state index contributed by atoms with van der Waals surface area (Å²) < 4.78 is 4.59. The van der Waals surface area contributed by atoms with Crippen LogP contribution in [0, 0.1) is 6.92 Å². The van der Waals surface area contributed by atoms with E-state index in [1.54, 1.807) is 12.3 Å². The van der Waals surface area contributed by atoms with Gasteiger partial charge in [-0.2, -0.15) is 0 Å². The highest BCUT2D eigenvalue weighted by molar-refractivity contribution is 7.14. The van der Waals surface area contributed by atoms with E-state index < -0.39 is 23.5 Å². The molecule has 0 aliphatic carbocycles. The normalized spacial score (nSPS) is 9.58. The maximum absolute atomic E-state index is 11.5. The molecular weight excluding hydrogens is 274 g/mol. The Morgan fingerprint density at radius 2 is 1.89 bits per heavy atom. The Morgan fingerprint density at radius 3 is 2.37 bits per heavy atom. The van der Waals surface area contributed by atoms with E-state index >= 15 is 0 Å². The number of carboxylic acid groups (broad SMARTS) is 2. The Bertz CT molecular complexity index is 544. The predicted octanol–water partition coefficient (Wildman–Crippen LogP) is 1.31. The molecule has 0 aromatic carbocycles. The van der Waals surface area contributed by atoms with Gasteiger partial charge < -0.3 is 20.3 Å². The molecule has 1 aromatic rings. The van der Waals surface area contributed by atoms with Crippen LogP contribution in [0.2, 0.25) is 0 Å². The summed E-state index contributed by atoms with van der Waals surface area (Å²) >= 11 is 1.14. The van der Waals surface area contributed by atoms with Crippen LogP contribution in [0.15, 0.2) is 17.2 Å². The molecule has 19 heavy (non-hydrogen) atoms. The minimum atomic E-state index is -1.58. The Balaban J connectivity index is 3.07. The Morgan fingerprint density at radius 1 is 1.32 bits per heavy atom. The highest BCUT2D eigenvalue weighted by Crippen LogP contribution is 2.28. The zero-order valence-corrected chi connectivity index (χ0v) is 10.9. The standard InChI is InChI=1S/C11H11NO6S/c1-5-4-19-8(7(5)11(17)18-2)12-3-6(9(13)14)10(15)16/h3-4,12H,1-2H3,(H,13,14)(H,15,16). The number of carbonyl (C=O) groups excluding carboxylic acids is 1. The van der Waals surface area contributed by atoms with Crippen molar-refractivity contribution in [2.24, 2.45) is 0 Å². The van der Waals surface area contributed by atoms with Crippen molar-refractivity contribution < 1.29 is 29.3 Å². The predicted molar refractivity (Wildman–Crippen MR) is 67.4 cm³/mol. The molecule has 0 saturated carbocycles. The lowest BCUT2D eigenvalue weighted by Gasteiger charge is -2.03. The number of carboxylic acids is 2. The van der Waals surface area contributed by atoms with Crippen molar-refractivity contribution in [2.45, 2.75) is 6.92 Å². The fraction of sp³-hybridized carbons (Fsp3) is 0.182. The van der Waals surface area contributed by atoms with Crippen LogP contribution in [0.25, 0.3) is 0 Å². The molecule has 0 fully saturated rings. The monoisotopic (exact) mass is 285 g/mol. The Labute approximate surface area is 112 Å². The minimum absolute atomic E-state index is 0.249. The molecule has 1 heterocycles. The fourth-order valence-corrected chi connectivity index (χ4v) is 2.16. The molecule has 8 heteroatoms. The van der Waals surface area contributed by atoms with Crippen molar-refractivity contribution in [2.75, 3.05) is 12.4 Å². The van der Waals surface area contributed by atoms with Gasteiger partial charge in [0.05, 0.1) is 12.7 Å². The molecule has 0 bridgehead atoms. The lowest BCUT2D eigenvalue weighted by atomic mass is 10.2. The van der Waals surface area contributed by atoms with Gasteiger partial charge in [0.25, 0.3) is 0 Å². The zero-order chi connectivity index (χ0) is 14.6. The summed E-state index contributed by atoms with van der Waals surface area (Å²) in [5.74, 6) is -3.73. The van der Waals surface area contributed by atoms with Crippen LogP contribution in [0.1, 0.15) is 15.9 Å². The number of hydrogen-bond acceptors (Lipinski definition) is 6. The first-order valence-corrected chi connectivity index (χ1v) is 5.86. The minimum Gasteiger partial charge on any atom is -0.477 e. The van der Waals surface area contributed by atoms with E-state index in [0.717, 1.165) is 17.5 Å². The number of esters is 1. The van der Waals surface area contributed by atoms with Crippen LogP contribution < -0.4 is 5.32 Å². The molecule has 0 amide bonds. The van der Waals surface area contributed by atoms with E-state index in [-0.39, 0.29) is 5.56 Å². The van der Waals surface area contributed by atoms with Crippen molar-refractivity contribution in [1.82, 2.24) is 0 Å². The lowest BCUT2D eigenvalue weighted by molar-refractivity contribution is -0.140. The molecule has 0 saturated heterocycles. The summed E-state index contributed by atoms with van der Waals surface area (Å²) in [4.78, 5) is 32.8. The van der Waals surface area contributed by atoms with E-state index in [1.165, 1.54) is 7.11 Å². The van der Waals surface area contributed by atoms with Gasteiger partial charge in [0.15, 0.2) is 5.57 Å². The topological polar surface area (TPSA) is 113 Å². The SMILES string of the molecule is COC(=O)c1c(C)csc1NC=C(C(=O)O)C(=O)O. The summed E-state index contributed by atoms with van der Waals surface area (Å²) in [6, 6.07) is 0. The van der Waals surface area contributed by atoms with Gasteiger partial charge in [-0.15, -0.1) is 11.3 Å². The van der Waals surface area contributed by atoms with Gasteiger partial charge in [-0.25, -0.2) is 14.4 Å². The smallest absolute Gasteiger partial charge is 0.344 e. The average molecular weight is 285 g/mol. The molecule has 0 aliphatic rings. The third-order valence-corrected chi connectivity index (χ3v) is 3.20. The molecule has 102 valence electrons. The average Bonchev–Trinajstić information content (AvgIpc) is 2.69. The Kier molecular flexibility index (Phi) is 4.65. The lowest BCUT2D eigenvalue weighted by Crippen LogP contribution is -2.13. The molecule has 1 aromatic heterocycles. The number of thiophene rings is 1. The van der Waals surface area contributed by atoms with Gasteiger partial charge >= 0.3 is 17.9 Å². The molecule has 1 rings (SSSR count). The van der Waals surface area contributed by atoms with Crippen LogP contribution >= 0.6 is 11.3 Å². The summed E-state index contributed by atoms with van der Waals surface area (Å²) in [7, 11) is 1.22. The van der Waals surface area contributed by atoms with E-state index in [0.29, 0.717) is 10.6 Å². The van der Waals surface area contributed by atoms with E-state index in [4.69, 9.17) is 10.2 Å². The highest BCUT2D eigenvalue weighted by atomic mass is 32.1. The molecule has 0 radical (unpaired) electrons. The van der Waals surface area contributed by atoms with Crippen LogP contribution in [0.5, 0.6) is 0 Å². The van der Waals surface area contributed by atoms with E-state index in [9.17, 15) is 14.4 Å². The number of nitrogens with one attached hydrogen (secondary N) is 1. The quantitative estimate of drug-likeness (QED) is 0.323. The molecule has 0 spiro atoms.